The third kappa shape index (κ3) is 4.64. The van der Waals surface area contributed by atoms with Crippen LogP contribution in [0, 0.1) is 0 Å². The first-order valence-electron chi connectivity index (χ1n) is 10.6. The van der Waals surface area contributed by atoms with Crippen molar-refractivity contribution in [2.45, 2.75) is 13.8 Å². The van der Waals surface area contributed by atoms with Crippen LogP contribution < -0.4 is 9.91 Å². The lowest BCUT2D eigenvalue weighted by Crippen LogP contribution is -2.21. The van der Waals surface area contributed by atoms with E-state index in [0.717, 1.165) is 34.5 Å². The van der Waals surface area contributed by atoms with Crippen LogP contribution in [0.4, 0.5) is 17.1 Å². The fraction of sp³-hybridized carbons (Fsp3) is 0.148. The first-order valence-corrected chi connectivity index (χ1v) is 11.4. The molecule has 4 heteroatoms. The van der Waals surface area contributed by atoms with Gasteiger partial charge in [-0.3, -0.25) is 0 Å². The number of halogens is 1. The molecule has 0 heterocycles. The molecule has 0 aliphatic rings. The summed E-state index contributed by atoms with van der Waals surface area (Å²) in [6, 6.07) is 31.5. The first-order chi connectivity index (χ1) is 15.2. The van der Waals surface area contributed by atoms with Gasteiger partial charge in [-0.1, -0.05) is 76.6 Å². The maximum absolute atomic E-state index is 4.92. The number of fused-ring (bicyclic) bond motifs is 1. The molecule has 0 fully saturated rings. The van der Waals surface area contributed by atoms with Gasteiger partial charge in [-0.25, -0.2) is 5.01 Å². The second-order valence-corrected chi connectivity index (χ2v) is 8.12. The molecule has 0 N–H and O–H groups in total. The minimum atomic E-state index is 0.985. The van der Waals surface area contributed by atoms with Crippen molar-refractivity contribution in [2.24, 2.45) is 5.10 Å². The Kier molecular flexibility index (Phi) is 6.68. The second kappa shape index (κ2) is 9.80. The zero-order chi connectivity index (χ0) is 21.6. The zero-order valence-electron chi connectivity index (χ0n) is 17.9. The van der Waals surface area contributed by atoms with Crippen molar-refractivity contribution in [3.63, 3.8) is 0 Å². The average Bonchev–Trinajstić information content (AvgIpc) is 2.82. The Morgan fingerprint density at radius 2 is 1.48 bits per heavy atom. The minimum Gasteiger partial charge on any atom is -0.372 e. The summed E-state index contributed by atoms with van der Waals surface area (Å²) in [4.78, 5) is 2.33. The molecule has 156 valence electrons. The molecule has 3 nitrogen and oxygen atoms in total. The second-order valence-electron chi connectivity index (χ2n) is 7.27. The van der Waals surface area contributed by atoms with Crippen molar-refractivity contribution in [2.75, 3.05) is 23.0 Å². The number of nitrogens with zero attached hydrogens (tertiary/aromatic N) is 3. The molecule has 4 aromatic carbocycles. The highest BCUT2D eigenvalue weighted by Gasteiger charge is 2.12. The van der Waals surface area contributed by atoms with Crippen molar-refractivity contribution in [1.82, 2.24) is 0 Å². The largest absolute Gasteiger partial charge is 0.372 e. The Balaban J connectivity index is 1.75. The topological polar surface area (TPSA) is 18.8 Å². The molecule has 4 rings (SSSR count). The molecule has 0 bridgehead atoms. The van der Waals surface area contributed by atoms with E-state index in [1.54, 1.807) is 0 Å². The highest BCUT2D eigenvalue weighted by atomic mass is 79.9. The average molecular weight is 472 g/mol. The van der Waals surface area contributed by atoms with Gasteiger partial charge in [0.1, 0.15) is 0 Å². The van der Waals surface area contributed by atoms with Crippen LogP contribution in [0.5, 0.6) is 0 Å². The monoisotopic (exact) mass is 471 g/mol. The highest BCUT2D eigenvalue weighted by Crippen LogP contribution is 2.33. The maximum Gasteiger partial charge on any atom is 0.0730 e. The molecule has 31 heavy (non-hydrogen) atoms. The van der Waals surface area contributed by atoms with Crippen LogP contribution >= 0.6 is 15.9 Å². The quantitative estimate of drug-likeness (QED) is 0.204. The fourth-order valence-electron chi connectivity index (χ4n) is 3.76. The van der Waals surface area contributed by atoms with Crippen LogP contribution in [0.2, 0.25) is 0 Å². The molecule has 0 saturated heterocycles. The summed E-state index contributed by atoms with van der Waals surface area (Å²) in [6.45, 7) is 6.32. The standard InChI is InChI=1S/C27H26BrN3/c1-3-30(4-2)24-18-17-22(26(28)19-24)20-29-31(23-13-6-5-7-14-23)27-16-10-12-21-11-8-9-15-25(21)27/h5-20H,3-4H2,1-2H3/b29-20+. The lowest BCUT2D eigenvalue weighted by molar-refractivity contribution is 0.866. The number of hydrazone groups is 1. The molecule has 0 aromatic heterocycles. The van der Waals surface area contributed by atoms with E-state index in [1.165, 1.54) is 16.5 Å². The van der Waals surface area contributed by atoms with Crippen LogP contribution in [0.3, 0.4) is 0 Å². The lowest BCUT2D eigenvalue weighted by Gasteiger charge is -2.22. The van der Waals surface area contributed by atoms with E-state index >= 15 is 0 Å². The van der Waals surface area contributed by atoms with Gasteiger partial charge in [0.2, 0.25) is 0 Å². The Morgan fingerprint density at radius 3 is 2.23 bits per heavy atom. The third-order valence-electron chi connectivity index (χ3n) is 5.42. The smallest absolute Gasteiger partial charge is 0.0730 e. The van der Waals surface area contributed by atoms with Crippen molar-refractivity contribution in [3.05, 3.63) is 101 Å². The Hall–Kier alpha value is -3.11. The normalized spacial score (nSPS) is 11.2. The van der Waals surface area contributed by atoms with E-state index in [-0.39, 0.29) is 0 Å². The molecule has 0 aliphatic heterocycles. The Bertz CT molecular complexity index is 1180. The fourth-order valence-corrected chi connectivity index (χ4v) is 4.23. The Labute approximate surface area is 192 Å². The number of benzene rings is 4. The molecule has 0 spiro atoms. The van der Waals surface area contributed by atoms with Crippen LogP contribution in [0.25, 0.3) is 10.8 Å². The number of anilines is 3. The van der Waals surface area contributed by atoms with Gasteiger partial charge in [-0.05, 0) is 49.6 Å². The molecule has 0 aliphatic carbocycles. The van der Waals surface area contributed by atoms with Crippen molar-refractivity contribution >= 4 is 50.0 Å². The molecular formula is C27H26BrN3. The van der Waals surface area contributed by atoms with E-state index < -0.39 is 0 Å². The van der Waals surface area contributed by atoms with Crippen LogP contribution in [0.15, 0.2) is 101 Å². The predicted molar refractivity (Wildman–Crippen MR) is 138 cm³/mol. The van der Waals surface area contributed by atoms with E-state index in [4.69, 9.17) is 5.10 Å². The number of rotatable bonds is 7. The summed E-state index contributed by atoms with van der Waals surface area (Å²) >= 11 is 3.74. The van der Waals surface area contributed by atoms with Crippen molar-refractivity contribution in [3.8, 4) is 0 Å². The van der Waals surface area contributed by atoms with Gasteiger partial charge in [-0.15, -0.1) is 0 Å². The summed E-state index contributed by atoms with van der Waals surface area (Å²) in [7, 11) is 0. The number of hydrogen-bond donors (Lipinski definition) is 0. The molecule has 0 saturated carbocycles. The minimum absolute atomic E-state index is 0.985. The molecule has 0 atom stereocenters. The molecular weight excluding hydrogens is 446 g/mol. The summed E-state index contributed by atoms with van der Waals surface area (Å²) in [5.74, 6) is 0. The summed E-state index contributed by atoms with van der Waals surface area (Å²) in [6.07, 6.45) is 1.92. The summed E-state index contributed by atoms with van der Waals surface area (Å²) in [5, 5.41) is 9.30. The van der Waals surface area contributed by atoms with Gasteiger partial charge in [0, 0.05) is 34.2 Å². The number of para-hydroxylation sites is 1. The zero-order valence-corrected chi connectivity index (χ0v) is 19.5. The Morgan fingerprint density at radius 1 is 0.774 bits per heavy atom. The SMILES string of the molecule is CCN(CC)c1ccc(/C=N/N(c2ccccc2)c2cccc3ccccc23)c(Br)c1. The van der Waals surface area contributed by atoms with Crippen LogP contribution in [-0.4, -0.2) is 19.3 Å². The molecule has 4 aromatic rings. The van der Waals surface area contributed by atoms with Crippen molar-refractivity contribution in [1.29, 1.82) is 0 Å². The van der Waals surface area contributed by atoms with Crippen molar-refractivity contribution < 1.29 is 0 Å². The summed E-state index contributed by atoms with van der Waals surface area (Å²) in [5.41, 5.74) is 4.32. The van der Waals surface area contributed by atoms with E-state index in [9.17, 15) is 0 Å². The molecule has 0 amide bonds. The van der Waals surface area contributed by atoms with Crippen LogP contribution in [0.1, 0.15) is 19.4 Å². The maximum atomic E-state index is 4.92. The van der Waals surface area contributed by atoms with Gasteiger partial charge in [-0.2, -0.15) is 5.10 Å². The van der Waals surface area contributed by atoms with E-state index in [1.807, 2.05) is 29.4 Å². The first kappa shape index (κ1) is 21.1. The van der Waals surface area contributed by atoms with Gasteiger partial charge in [0.15, 0.2) is 0 Å². The third-order valence-corrected chi connectivity index (χ3v) is 6.11. The van der Waals surface area contributed by atoms with Gasteiger partial charge in [0.05, 0.1) is 17.6 Å². The van der Waals surface area contributed by atoms with Gasteiger partial charge < -0.3 is 4.90 Å². The van der Waals surface area contributed by atoms with Crippen LogP contribution in [-0.2, 0) is 0 Å². The van der Waals surface area contributed by atoms with E-state index in [0.29, 0.717) is 0 Å². The highest BCUT2D eigenvalue weighted by molar-refractivity contribution is 9.10. The number of hydrogen-bond acceptors (Lipinski definition) is 3. The molecule has 0 radical (unpaired) electrons. The summed E-state index contributed by atoms with van der Waals surface area (Å²) < 4.78 is 1.03. The van der Waals surface area contributed by atoms with E-state index in [2.05, 4.69) is 107 Å². The predicted octanol–water partition coefficient (Wildman–Crippen LogP) is 7.62. The molecule has 0 unspecified atom stereocenters. The van der Waals surface area contributed by atoms with Gasteiger partial charge in [0.25, 0.3) is 0 Å². The van der Waals surface area contributed by atoms with Gasteiger partial charge >= 0.3 is 0 Å². The lowest BCUT2D eigenvalue weighted by atomic mass is 10.1.